The monoisotopic (exact) mass is 256 g/mol. The molecular weight excluding hydrogens is 232 g/mol. The Morgan fingerprint density at radius 1 is 1.21 bits per heavy atom. The zero-order valence-electron chi connectivity index (χ0n) is 11.8. The van der Waals surface area contributed by atoms with Gasteiger partial charge in [0, 0.05) is 6.04 Å². The molecule has 1 atom stereocenters. The van der Waals surface area contributed by atoms with E-state index in [1.54, 1.807) is 0 Å². The van der Waals surface area contributed by atoms with Crippen molar-refractivity contribution in [1.29, 1.82) is 5.26 Å². The van der Waals surface area contributed by atoms with Crippen LogP contribution in [-0.2, 0) is 0 Å². The molecule has 2 nitrogen and oxygen atoms in total. The van der Waals surface area contributed by atoms with Gasteiger partial charge in [-0.3, -0.25) is 0 Å². The molecule has 102 valence electrons. The fourth-order valence-corrected chi connectivity index (χ4v) is 2.93. The van der Waals surface area contributed by atoms with Crippen LogP contribution in [0.3, 0.4) is 0 Å². The lowest BCUT2D eigenvalue weighted by molar-refractivity contribution is 0.274. The molecule has 1 aromatic carbocycles. The lowest BCUT2D eigenvalue weighted by Crippen LogP contribution is -2.29. The van der Waals surface area contributed by atoms with Gasteiger partial charge >= 0.3 is 0 Å². The molecule has 0 spiro atoms. The smallest absolute Gasteiger partial charge is 0.0641 e. The Balaban J connectivity index is 1.86. The number of hydrogen-bond donors (Lipinski definition) is 1. The van der Waals surface area contributed by atoms with Crippen molar-refractivity contribution < 1.29 is 0 Å². The number of rotatable bonds is 5. The summed E-state index contributed by atoms with van der Waals surface area (Å²) in [5.41, 5.74) is 1.23. The molecule has 2 heteroatoms. The third kappa shape index (κ3) is 4.36. The van der Waals surface area contributed by atoms with Crippen LogP contribution in [-0.4, -0.2) is 6.54 Å². The Bertz CT molecular complexity index is 399. The van der Waals surface area contributed by atoms with Gasteiger partial charge in [0.2, 0.25) is 0 Å². The van der Waals surface area contributed by atoms with Gasteiger partial charge in [-0.15, -0.1) is 0 Å². The highest BCUT2D eigenvalue weighted by Gasteiger charge is 2.19. The van der Waals surface area contributed by atoms with Gasteiger partial charge in [0.15, 0.2) is 0 Å². The van der Waals surface area contributed by atoms with Crippen molar-refractivity contribution in [3.05, 3.63) is 35.9 Å². The van der Waals surface area contributed by atoms with E-state index in [1.807, 2.05) is 18.2 Å². The zero-order chi connectivity index (χ0) is 13.5. The highest BCUT2D eigenvalue weighted by molar-refractivity contribution is 5.19. The topological polar surface area (TPSA) is 35.8 Å². The molecule has 1 N–H and O–H groups in total. The molecule has 19 heavy (non-hydrogen) atoms. The Hall–Kier alpha value is -1.33. The summed E-state index contributed by atoms with van der Waals surface area (Å²) in [7, 11) is 0. The van der Waals surface area contributed by atoms with Crippen LogP contribution >= 0.6 is 0 Å². The molecule has 0 saturated heterocycles. The molecule has 0 heterocycles. The molecule has 0 radical (unpaired) electrons. The van der Waals surface area contributed by atoms with Crippen LogP contribution in [0, 0.1) is 23.2 Å². The maximum Gasteiger partial charge on any atom is 0.0641 e. The summed E-state index contributed by atoms with van der Waals surface area (Å²) in [6.07, 6.45) is 5.94. The minimum absolute atomic E-state index is 0.186. The molecule has 1 fully saturated rings. The average Bonchev–Trinajstić information content (AvgIpc) is 2.46. The second-order valence-electron chi connectivity index (χ2n) is 5.86. The van der Waals surface area contributed by atoms with Gasteiger partial charge in [0.25, 0.3) is 0 Å². The quantitative estimate of drug-likeness (QED) is 0.862. The van der Waals surface area contributed by atoms with E-state index < -0.39 is 0 Å². The van der Waals surface area contributed by atoms with Gasteiger partial charge in [-0.1, -0.05) is 50.1 Å². The third-order valence-electron chi connectivity index (χ3n) is 4.29. The summed E-state index contributed by atoms with van der Waals surface area (Å²) in [4.78, 5) is 0. The molecule has 0 bridgehead atoms. The third-order valence-corrected chi connectivity index (χ3v) is 4.29. The van der Waals surface area contributed by atoms with Gasteiger partial charge < -0.3 is 5.32 Å². The average molecular weight is 256 g/mol. The van der Waals surface area contributed by atoms with E-state index >= 15 is 0 Å². The van der Waals surface area contributed by atoms with Crippen LogP contribution in [0.25, 0.3) is 0 Å². The predicted molar refractivity (Wildman–Crippen MR) is 78.5 cm³/mol. The van der Waals surface area contributed by atoms with E-state index in [-0.39, 0.29) is 6.04 Å². The van der Waals surface area contributed by atoms with E-state index in [9.17, 15) is 0 Å². The number of nitrogens with one attached hydrogen (secondary N) is 1. The minimum atomic E-state index is 0.186. The lowest BCUT2D eigenvalue weighted by atomic mass is 9.83. The number of hydrogen-bond acceptors (Lipinski definition) is 2. The summed E-state index contributed by atoms with van der Waals surface area (Å²) >= 11 is 0. The number of nitriles is 1. The Kier molecular flexibility index (Phi) is 5.42. The van der Waals surface area contributed by atoms with Crippen molar-refractivity contribution in [2.75, 3.05) is 6.54 Å². The molecule has 0 aromatic heterocycles. The fourth-order valence-electron chi connectivity index (χ4n) is 2.93. The normalized spacial score (nSPS) is 24.6. The van der Waals surface area contributed by atoms with Crippen molar-refractivity contribution in [2.45, 2.75) is 45.1 Å². The van der Waals surface area contributed by atoms with Gasteiger partial charge in [-0.2, -0.15) is 5.26 Å². The van der Waals surface area contributed by atoms with Crippen molar-refractivity contribution in [3.8, 4) is 6.07 Å². The van der Waals surface area contributed by atoms with E-state index in [0.29, 0.717) is 6.42 Å². The Labute approximate surface area is 116 Å². The van der Waals surface area contributed by atoms with Crippen LogP contribution in [0.5, 0.6) is 0 Å². The first-order valence-electron chi connectivity index (χ1n) is 7.45. The molecular formula is C17H24N2. The van der Waals surface area contributed by atoms with Crippen molar-refractivity contribution >= 4 is 0 Å². The van der Waals surface area contributed by atoms with Crippen molar-refractivity contribution in [3.63, 3.8) is 0 Å². The molecule has 1 saturated carbocycles. The standard InChI is InChI=1S/C17H24N2/c1-14-7-9-15(10-8-14)13-19-17(11-12-18)16-5-3-2-4-6-16/h2-6,14-15,17,19H,7-11,13H2,1H3. The molecule has 2 rings (SSSR count). The van der Waals surface area contributed by atoms with Crippen molar-refractivity contribution in [1.82, 2.24) is 5.32 Å². The van der Waals surface area contributed by atoms with Gasteiger partial charge in [-0.25, -0.2) is 0 Å². The van der Waals surface area contributed by atoms with Crippen LogP contribution in [0.2, 0.25) is 0 Å². The Morgan fingerprint density at radius 3 is 2.53 bits per heavy atom. The first kappa shape index (κ1) is 14.1. The Morgan fingerprint density at radius 2 is 1.89 bits per heavy atom. The minimum Gasteiger partial charge on any atom is -0.309 e. The number of benzene rings is 1. The predicted octanol–water partition coefficient (Wildman–Crippen LogP) is 4.06. The van der Waals surface area contributed by atoms with E-state index in [1.165, 1.54) is 31.2 Å². The van der Waals surface area contributed by atoms with Gasteiger partial charge in [-0.05, 0) is 36.8 Å². The maximum atomic E-state index is 8.98. The maximum absolute atomic E-state index is 8.98. The fraction of sp³-hybridized carbons (Fsp3) is 0.588. The highest BCUT2D eigenvalue weighted by Crippen LogP contribution is 2.28. The first-order chi connectivity index (χ1) is 9.29. The van der Waals surface area contributed by atoms with Crippen LogP contribution in [0.1, 0.15) is 50.6 Å². The summed E-state index contributed by atoms with van der Waals surface area (Å²) in [6, 6.07) is 12.8. The molecule has 0 amide bonds. The van der Waals surface area contributed by atoms with Crippen LogP contribution in [0.15, 0.2) is 30.3 Å². The molecule has 1 unspecified atom stereocenters. The molecule has 1 aliphatic carbocycles. The largest absolute Gasteiger partial charge is 0.309 e. The van der Waals surface area contributed by atoms with E-state index in [0.717, 1.165) is 18.4 Å². The van der Waals surface area contributed by atoms with Gasteiger partial charge in [0.05, 0.1) is 12.5 Å². The lowest BCUT2D eigenvalue weighted by Gasteiger charge is -2.28. The zero-order valence-corrected chi connectivity index (χ0v) is 11.8. The second kappa shape index (κ2) is 7.31. The SMILES string of the molecule is CC1CCC(CNC(CC#N)c2ccccc2)CC1. The first-order valence-corrected chi connectivity index (χ1v) is 7.45. The summed E-state index contributed by atoms with van der Waals surface area (Å²) in [6.45, 7) is 3.40. The molecule has 1 aromatic rings. The summed E-state index contributed by atoms with van der Waals surface area (Å²) in [5, 5.41) is 12.6. The van der Waals surface area contributed by atoms with Crippen molar-refractivity contribution in [2.24, 2.45) is 11.8 Å². The molecule has 0 aliphatic heterocycles. The molecule has 1 aliphatic rings. The number of nitrogens with zero attached hydrogens (tertiary/aromatic N) is 1. The summed E-state index contributed by atoms with van der Waals surface area (Å²) in [5.74, 6) is 1.70. The second-order valence-corrected chi connectivity index (χ2v) is 5.86. The van der Waals surface area contributed by atoms with Crippen LogP contribution in [0.4, 0.5) is 0 Å². The summed E-state index contributed by atoms with van der Waals surface area (Å²) < 4.78 is 0. The highest BCUT2D eigenvalue weighted by atomic mass is 14.9. The van der Waals surface area contributed by atoms with Crippen LogP contribution < -0.4 is 5.32 Å². The van der Waals surface area contributed by atoms with E-state index in [2.05, 4.69) is 30.4 Å². The van der Waals surface area contributed by atoms with Gasteiger partial charge in [0.1, 0.15) is 0 Å². The van der Waals surface area contributed by atoms with E-state index in [4.69, 9.17) is 5.26 Å².